The molecule has 4 rings (SSSR count). The average molecular weight is 532 g/mol. The van der Waals surface area contributed by atoms with Gasteiger partial charge >= 0.3 is 0 Å². The Morgan fingerprint density at radius 3 is 1.87 bits per heavy atom. The molecule has 2 atom stereocenters. The van der Waals surface area contributed by atoms with Crippen LogP contribution in [-0.2, 0) is 15.1 Å². The van der Waals surface area contributed by atoms with Crippen molar-refractivity contribution in [3.8, 4) is 11.5 Å². The van der Waals surface area contributed by atoms with E-state index in [-0.39, 0.29) is 11.8 Å². The first-order chi connectivity index (χ1) is 19.1. The summed E-state index contributed by atoms with van der Waals surface area (Å²) >= 11 is 0. The Morgan fingerprint density at radius 2 is 1.33 bits per heavy atom. The monoisotopic (exact) mass is 531 g/mol. The Bertz CT molecular complexity index is 1100. The van der Waals surface area contributed by atoms with Gasteiger partial charge in [0.05, 0.1) is 26.4 Å². The van der Waals surface area contributed by atoms with E-state index in [0.717, 1.165) is 60.3 Å². The highest BCUT2D eigenvalue weighted by Gasteiger charge is 2.37. The van der Waals surface area contributed by atoms with Crippen LogP contribution in [0.4, 0.5) is 0 Å². The predicted molar refractivity (Wildman–Crippen MR) is 153 cm³/mol. The highest BCUT2D eigenvalue weighted by molar-refractivity contribution is 5.84. The van der Waals surface area contributed by atoms with Crippen LogP contribution in [0.3, 0.4) is 0 Å². The number of carbonyl (C=O) groups excluding carboxylic acids is 1. The molecular formula is C33H41NO5. The molecule has 0 bridgehead atoms. The van der Waals surface area contributed by atoms with E-state index >= 15 is 0 Å². The maximum Gasteiger partial charge on any atom is 0.149 e. The summed E-state index contributed by atoms with van der Waals surface area (Å²) in [5.74, 6) is 1.82. The van der Waals surface area contributed by atoms with Crippen LogP contribution in [0.1, 0.15) is 61.6 Å². The number of rotatable bonds is 15. The number of hydrogen-bond acceptors (Lipinski definition) is 6. The molecule has 0 aliphatic carbocycles. The fourth-order valence-electron chi connectivity index (χ4n) is 5.37. The first-order valence-corrected chi connectivity index (χ1v) is 14.0. The maximum absolute atomic E-state index is 12.3. The molecule has 3 aromatic carbocycles. The minimum atomic E-state index is -0.787. The van der Waals surface area contributed by atoms with Crippen molar-refractivity contribution in [3.05, 3.63) is 95.6 Å². The Morgan fingerprint density at radius 1 is 0.795 bits per heavy atom. The molecule has 2 N–H and O–H groups in total. The first-order valence-electron chi connectivity index (χ1n) is 14.0. The lowest BCUT2D eigenvalue weighted by Crippen LogP contribution is -2.33. The normalized spacial score (nSPS) is 17.2. The van der Waals surface area contributed by atoms with Crippen LogP contribution in [0.5, 0.6) is 11.5 Å². The van der Waals surface area contributed by atoms with Crippen LogP contribution in [-0.4, -0.2) is 50.4 Å². The van der Waals surface area contributed by atoms with E-state index in [9.17, 15) is 9.90 Å². The summed E-state index contributed by atoms with van der Waals surface area (Å²) in [7, 11) is 3.34. The summed E-state index contributed by atoms with van der Waals surface area (Å²) in [6.45, 7) is 1.11. The van der Waals surface area contributed by atoms with Crippen LogP contribution >= 0.6 is 0 Å². The molecule has 6 heteroatoms. The number of benzene rings is 3. The van der Waals surface area contributed by atoms with Gasteiger partial charge in [-0.3, -0.25) is 4.79 Å². The first kappa shape index (κ1) is 28.8. The molecule has 0 unspecified atom stereocenters. The zero-order chi connectivity index (χ0) is 27.5. The minimum Gasteiger partial charge on any atom is -0.497 e. The third-order valence-corrected chi connectivity index (χ3v) is 7.56. The van der Waals surface area contributed by atoms with Gasteiger partial charge in [0.15, 0.2) is 0 Å². The Balaban J connectivity index is 1.42. The maximum atomic E-state index is 12.3. The number of aliphatic hydroxyl groups is 1. The smallest absolute Gasteiger partial charge is 0.149 e. The largest absolute Gasteiger partial charge is 0.497 e. The van der Waals surface area contributed by atoms with Crippen LogP contribution in [0.15, 0.2) is 78.9 Å². The zero-order valence-electron chi connectivity index (χ0n) is 23.1. The van der Waals surface area contributed by atoms with Crippen molar-refractivity contribution in [2.75, 3.05) is 27.4 Å². The number of ketones is 1. The van der Waals surface area contributed by atoms with Crippen molar-refractivity contribution in [1.82, 2.24) is 5.32 Å². The van der Waals surface area contributed by atoms with Gasteiger partial charge in [0.1, 0.15) is 22.9 Å². The van der Waals surface area contributed by atoms with Gasteiger partial charge in [-0.1, -0.05) is 73.9 Å². The fourth-order valence-corrected chi connectivity index (χ4v) is 5.37. The third-order valence-electron chi connectivity index (χ3n) is 7.56. The number of hydrogen-bond donors (Lipinski definition) is 2. The SMILES string of the molecule is COc1ccc(C(OCCCCCCCC(=O)[C@@H]2C[C@@H](O)CN2)(c2ccccc2)c2ccc(OC)cc2)cc1. The van der Waals surface area contributed by atoms with Crippen LogP contribution < -0.4 is 14.8 Å². The highest BCUT2D eigenvalue weighted by atomic mass is 16.5. The highest BCUT2D eigenvalue weighted by Crippen LogP contribution is 2.41. The van der Waals surface area contributed by atoms with Gasteiger partial charge in [-0.2, -0.15) is 0 Å². The minimum absolute atomic E-state index is 0.171. The molecule has 0 spiro atoms. The number of unbranched alkanes of at least 4 members (excludes halogenated alkanes) is 4. The quantitative estimate of drug-likeness (QED) is 0.195. The van der Waals surface area contributed by atoms with Gasteiger partial charge in [-0.05, 0) is 60.2 Å². The van der Waals surface area contributed by atoms with Crippen molar-refractivity contribution in [2.24, 2.45) is 0 Å². The summed E-state index contributed by atoms with van der Waals surface area (Å²) in [4.78, 5) is 12.3. The fraction of sp³-hybridized carbons (Fsp3) is 0.424. The lowest BCUT2D eigenvalue weighted by molar-refractivity contribution is -0.121. The second-order valence-electron chi connectivity index (χ2n) is 10.2. The molecule has 3 aromatic rings. The van der Waals surface area contributed by atoms with Gasteiger partial charge < -0.3 is 24.6 Å². The van der Waals surface area contributed by atoms with E-state index in [2.05, 4.69) is 41.7 Å². The van der Waals surface area contributed by atoms with Crippen LogP contribution in [0.25, 0.3) is 0 Å². The van der Waals surface area contributed by atoms with Crippen molar-refractivity contribution >= 4 is 5.78 Å². The van der Waals surface area contributed by atoms with E-state index in [0.29, 0.717) is 26.0 Å². The molecule has 6 nitrogen and oxygen atoms in total. The summed E-state index contributed by atoms with van der Waals surface area (Å²) < 4.78 is 17.7. The molecule has 1 aliphatic heterocycles. The molecule has 208 valence electrons. The summed E-state index contributed by atoms with van der Waals surface area (Å²) in [6.07, 6.45) is 5.64. The number of carbonyl (C=O) groups is 1. The van der Waals surface area contributed by atoms with E-state index in [1.165, 1.54) is 0 Å². The molecule has 39 heavy (non-hydrogen) atoms. The van der Waals surface area contributed by atoms with Crippen molar-refractivity contribution < 1.29 is 24.1 Å². The molecule has 0 amide bonds. The number of Topliss-reactive ketones (excluding diaryl/α,β-unsaturated/α-hetero) is 1. The molecule has 1 fully saturated rings. The van der Waals surface area contributed by atoms with Crippen LogP contribution in [0, 0.1) is 0 Å². The molecule has 1 heterocycles. The average Bonchev–Trinajstić information content (AvgIpc) is 3.43. The lowest BCUT2D eigenvalue weighted by Gasteiger charge is -2.36. The Hall–Kier alpha value is -3.19. The summed E-state index contributed by atoms with van der Waals surface area (Å²) in [5.41, 5.74) is 2.34. The number of methoxy groups -OCH3 is 2. The molecule has 1 saturated heterocycles. The topological polar surface area (TPSA) is 77.0 Å². The van der Waals surface area contributed by atoms with Gasteiger partial charge in [0, 0.05) is 19.6 Å². The van der Waals surface area contributed by atoms with Crippen molar-refractivity contribution in [3.63, 3.8) is 0 Å². The molecule has 0 aromatic heterocycles. The lowest BCUT2D eigenvalue weighted by atomic mass is 9.80. The predicted octanol–water partition coefficient (Wildman–Crippen LogP) is 5.64. The Labute approximate surface area is 232 Å². The van der Waals surface area contributed by atoms with Gasteiger partial charge in [-0.15, -0.1) is 0 Å². The van der Waals surface area contributed by atoms with E-state index in [1.807, 2.05) is 42.5 Å². The van der Waals surface area contributed by atoms with Crippen LogP contribution in [0.2, 0.25) is 0 Å². The van der Waals surface area contributed by atoms with E-state index < -0.39 is 11.7 Å². The summed E-state index contributed by atoms with van der Waals surface area (Å²) in [6, 6.07) is 26.4. The number of nitrogens with one attached hydrogen (secondary N) is 1. The summed E-state index contributed by atoms with van der Waals surface area (Å²) in [5, 5.41) is 12.7. The second kappa shape index (κ2) is 14.3. The molecule has 0 radical (unpaired) electrons. The molecular weight excluding hydrogens is 490 g/mol. The third kappa shape index (κ3) is 7.27. The van der Waals surface area contributed by atoms with Gasteiger partial charge in [0.25, 0.3) is 0 Å². The van der Waals surface area contributed by atoms with E-state index in [1.54, 1.807) is 14.2 Å². The van der Waals surface area contributed by atoms with Crippen molar-refractivity contribution in [1.29, 1.82) is 0 Å². The standard InChI is InChI=1S/C33H41NO5/c1-37-29-18-14-26(15-19-29)33(25-11-7-6-8-12-25,27-16-20-30(38-2)21-17-27)39-22-10-5-3-4-9-13-32(36)31-23-28(35)24-34-31/h6-8,11-12,14-21,28,31,34-35H,3-5,9-10,13,22-24H2,1-2H3/t28-,31+/m1/s1. The number of β-amino-alcohol motifs (C(OH)–C–C–N with tert-alkyl or cyclic N) is 1. The molecule has 1 aliphatic rings. The van der Waals surface area contributed by atoms with Crippen molar-refractivity contribution in [2.45, 2.75) is 62.7 Å². The van der Waals surface area contributed by atoms with E-state index in [4.69, 9.17) is 14.2 Å². The second-order valence-corrected chi connectivity index (χ2v) is 10.2. The molecule has 0 saturated carbocycles. The zero-order valence-corrected chi connectivity index (χ0v) is 23.1. The Kier molecular flexibility index (Phi) is 10.5. The van der Waals surface area contributed by atoms with Gasteiger partial charge in [-0.25, -0.2) is 0 Å². The number of ether oxygens (including phenoxy) is 3. The van der Waals surface area contributed by atoms with Gasteiger partial charge in [0.2, 0.25) is 0 Å². The number of aliphatic hydroxyl groups excluding tert-OH is 1.